The Bertz CT molecular complexity index is 815. The summed E-state index contributed by atoms with van der Waals surface area (Å²) in [6.07, 6.45) is 4.72. The lowest BCUT2D eigenvalue weighted by Gasteiger charge is -2.04. The number of rotatable bonds is 2. The monoisotopic (exact) mass is 375 g/mol. The number of azo groups is 1. The molecule has 2 aliphatic carbocycles. The number of carbonyl (C=O) groups excluding carboxylic acids is 1. The van der Waals surface area contributed by atoms with Crippen molar-refractivity contribution in [1.29, 1.82) is 0 Å². The largest absolute Gasteiger partial charge is 0.493 e. The van der Waals surface area contributed by atoms with Gasteiger partial charge >= 0.3 is 0 Å². The van der Waals surface area contributed by atoms with Gasteiger partial charge in [0.1, 0.15) is 0 Å². The highest BCUT2D eigenvalue weighted by Crippen LogP contribution is 2.56. The number of carbonyl (C=O) groups is 1. The van der Waals surface area contributed by atoms with Crippen LogP contribution in [-0.2, 0) is 4.79 Å². The minimum absolute atomic E-state index is 0.0544. The molecule has 0 spiro atoms. The molecule has 2 atom stereocenters. The Labute approximate surface area is 142 Å². The van der Waals surface area contributed by atoms with Gasteiger partial charge in [0, 0.05) is 15.8 Å². The summed E-state index contributed by atoms with van der Waals surface area (Å²) in [6, 6.07) is 3.83. The molecule has 0 saturated heterocycles. The number of hydrogen-bond acceptors (Lipinski definition) is 3. The van der Waals surface area contributed by atoms with E-state index in [4.69, 9.17) is 0 Å². The molecule has 0 radical (unpaired) electrons. The number of nitrogens with one attached hydrogen (secondary N) is 1. The van der Waals surface area contributed by atoms with Crippen LogP contribution in [0.25, 0.3) is 10.9 Å². The van der Waals surface area contributed by atoms with Crippen molar-refractivity contribution in [2.24, 2.45) is 28.0 Å². The number of H-pyrrole nitrogens is 1. The minimum atomic E-state index is -0.139. The van der Waals surface area contributed by atoms with Crippen molar-refractivity contribution in [3.8, 4) is 5.88 Å². The van der Waals surface area contributed by atoms with Crippen LogP contribution >= 0.6 is 15.9 Å². The van der Waals surface area contributed by atoms with E-state index < -0.39 is 0 Å². The molecule has 2 aromatic rings. The van der Waals surface area contributed by atoms with E-state index in [9.17, 15) is 9.90 Å². The first kappa shape index (κ1) is 14.9. The Hall–Kier alpha value is -1.69. The van der Waals surface area contributed by atoms with Crippen LogP contribution in [0.5, 0.6) is 5.88 Å². The molecule has 120 valence electrons. The van der Waals surface area contributed by atoms with Crippen LogP contribution in [0.4, 0.5) is 5.69 Å². The fourth-order valence-corrected chi connectivity index (χ4v) is 4.48. The highest BCUT2D eigenvalue weighted by atomic mass is 79.9. The van der Waals surface area contributed by atoms with Crippen molar-refractivity contribution in [3.63, 3.8) is 0 Å². The second-order valence-electron chi connectivity index (χ2n) is 6.62. The lowest BCUT2D eigenvalue weighted by molar-refractivity contribution is -0.120. The lowest BCUT2D eigenvalue weighted by Crippen LogP contribution is -1.97. The van der Waals surface area contributed by atoms with Gasteiger partial charge in [0.2, 0.25) is 5.88 Å². The molecule has 1 aromatic carbocycles. The maximum Gasteiger partial charge on any atom is 0.268 e. The SMILES string of the molecule is Cc1ccc2[nH]c(O)c(N=NC(=O)C3[C@@H]4CCCC[C@@H]34)c2c1Br. The predicted molar refractivity (Wildman–Crippen MR) is 90.9 cm³/mol. The minimum Gasteiger partial charge on any atom is -0.493 e. The van der Waals surface area contributed by atoms with Gasteiger partial charge in [-0.2, -0.15) is 0 Å². The number of nitrogens with zero attached hydrogens (tertiary/aromatic N) is 2. The first-order chi connectivity index (χ1) is 11.1. The number of halogens is 1. The summed E-state index contributed by atoms with van der Waals surface area (Å²) in [7, 11) is 0. The van der Waals surface area contributed by atoms with Gasteiger partial charge in [0.05, 0.1) is 5.52 Å². The van der Waals surface area contributed by atoms with Crippen LogP contribution in [0, 0.1) is 24.7 Å². The van der Waals surface area contributed by atoms with Crippen molar-refractivity contribution < 1.29 is 9.90 Å². The van der Waals surface area contributed by atoms with Crippen molar-refractivity contribution >= 4 is 38.4 Å². The number of aromatic nitrogens is 1. The van der Waals surface area contributed by atoms with E-state index in [1.54, 1.807) is 0 Å². The molecular weight excluding hydrogens is 358 g/mol. The molecule has 2 fully saturated rings. The van der Waals surface area contributed by atoms with Gasteiger partial charge in [0.15, 0.2) is 5.69 Å². The molecule has 2 N–H and O–H groups in total. The standard InChI is InChI=1S/C17H18BrN3O2/c1-8-6-7-11-13(14(8)18)15(17(23)19-11)20-21-16(22)12-9-4-2-3-5-10(9)12/h6-7,9-10,12,19,23H,2-5H2,1H3/t9-,10-/m1/s1. The van der Waals surface area contributed by atoms with E-state index in [2.05, 4.69) is 31.1 Å². The number of aromatic amines is 1. The molecule has 2 saturated carbocycles. The molecule has 1 heterocycles. The molecule has 23 heavy (non-hydrogen) atoms. The number of aromatic hydroxyl groups is 1. The van der Waals surface area contributed by atoms with Crippen LogP contribution in [0.15, 0.2) is 26.8 Å². The van der Waals surface area contributed by atoms with Gasteiger partial charge < -0.3 is 10.1 Å². The van der Waals surface area contributed by atoms with Gasteiger partial charge in [-0.3, -0.25) is 4.79 Å². The van der Waals surface area contributed by atoms with Crippen LogP contribution in [0.2, 0.25) is 0 Å². The normalized spacial score (nSPS) is 26.6. The molecule has 5 nitrogen and oxygen atoms in total. The fourth-order valence-electron chi connectivity index (χ4n) is 3.94. The fraction of sp³-hybridized carbons (Fsp3) is 0.471. The van der Waals surface area contributed by atoms with Crippen molar-refractivity contribution in [3.05, 3.63) is 22.2 Å². The Balaban J connectivity index is 1.64. The topological polar surface area (TPSA) is 77.8 Å². The second kappa shape index (κ2) is 5.44. The van der Waals surface area contributed by atoms with Gasteiger partial charge in [-0.05, 0) is 59.2 Å². The highest BCUT2D eigenvalue weighted by molar-refractivity contribution is 9.10. The van der Waals surface area contributed by atoms with E-state index in [-0.39, 0.29) is 17.7 Å². The van der Waals surface area contributed by atoms with Crippen molar-refractivity contribution in [2.75, 3.05) is 0 Å². The lowest BCUT2D eigenvalue weighted by atomic mass is 10.0. The molecular formula is C17H18BrN3O2. The summed E-state index contributed by atoms with van der Waals surface area (Å²) >= 11 is 3.53. The first-order valence-corrected chi connectivity index (χ1v) is 8.82. The average molecular weight is 376 g/mol. The summed E-state index contributed by atoms with van der Waals surface area (Å²) in [6.45, 7) is 1.97. The molecule has 0 aliphatic heterocycles. The Morgan fingerprint density at radius 3 is 2.70 bits per heavy atom. The van der Waals surface area contributed by atoms with Gasteiger partial charge in [-0.25, -0.2) is 0 Å². The number of amides is 1. The quantitative estimate of drug-likeness (QED) is 0.725. The Morgan fingerprint density at radius 1 is 1.30 bits per heavy atom. The third kappa shape index (κ3) is 2.40. The van der Waals surface area contributed by atoms with Gasteiger partial charge in [0.25, 0.3) is 5.91 Å². The number of aryl methyl sites for hydroxylation is 1. The third-order valence-corrected chi connectivity index (χ3v) is 6.26. The first-order valence-electron chi connectivity index (χ1n) is 8.03. The number of hydrogen-bond donors (Lipinski definition) is 2. The predicted octanol–water partition coefficient (Wildman–Crippen LogP) is 4.99. The zero-order valence-corrected chi connectivity index (χ0v) is 14.4. The number of fused-ring (bicyclic) bond motifs is 2. The Kier molecular flexibility index (Phi) is 3.52. The second-order valence-corrected chi connectivity index (χ2v) is 7.41. The van der Waals surface area contributed by atoms with E-state index in [0.29, 0.717) is 17.5 Å². The van der Waals surface area contributed by atoms with Crippen LogP contribution in [0.3, 0.4) is 0 Å². The molecule has 6 heteroatoms. The molecule has 4 rings (SSSR count). The van der Waals surface area contributed by atoms with E-state index >= 15 is 0 Å². The summed E-state index contributed by atoms with van der Waals surface area (Å²) < 4.78 is 0.855. The maximum atomic E-state index is 12.3. The highest BCUT2D eigenvalue weighted by Gasteiger charge is 2.54. The third-order valence-electron chi connectivity index (χ3n) is 5.24. The van der Waals surface area contributed by atoms with Crippen LogP contribution in [0.1, 0.15) is 31.2 Å². The summed E-state index contributed by atoms with van der Waals surface area (Å²) in [5, 5.41) is 18.8. The molecule has 1 aromatic heterocycles. The van der Waals surface area contributed by atoms with Crippen molar-refractivity contribution in [2.45, 2.75) is 32.6 Å². The maximum absolute atomic E-state index is 12.3. The van der Waals surface area contributed by atoms with Gasteiger partial charge in [-0.15, -0.1) is 10.2 Å². The zero-order valence-electron chi connectivity index (χ0n) is 12.8. The zero-order chi connectivity index (χ0) is 16.1. The summed E-state index contributed by atoms with van der Waals surface area (Å²) in [5.74, 6) is 0.885. The average Bonchev–Trinajstić information content (AvgIpc) is 3.18. The van der Waals surface area contributed by atoms with Gasteiger partial charge in [-0.1, -0.05) is 18.9 Å². The van der Waals surface area contributed by atoms with Crippen LogP contribution in [-0.4, -0.2) is 16.0 Å². The Morgan fingerprint density at radius 2 is 2.00 bits per heavy atom. The summed E-state index contributed by atoms with van der Waals surface area (Å²) in [5.41, 5.74) is 2.13. The van der Waals surface area contributed by atoms with E-state index in [1.807, 2.05) is 19.1 Å². The smallest absolute Gasteiger partial charge is 0.268 e. The summed E-state index contributed by atoms with van der Waals surface area (Å²) in [4.78, 5) is 15.2. The molecule has 2 aliphatic rings. The molecule has 0 bridgehead atoms. The van der Waals surface area contributed by atoms with Crippen LogP contribution < -0.4 is 0 Å². The number of benzene rings is 1. The van der Waals surface area contributed by atoms with E-state index in [1.165, 1.54) is 12.8 Å². The van der Waals surface area contributed by atoms with E-state index in [0.717, 1.165) is 33.8 Å². The molecule has 1 amide bonds. The van der Waals surface area contributed by atoms with Crippen molar-refractivity contribution in [1.82, 2.24) is 4.98 Å². The molecule has 0 unspecified atom stereocenters.